The fraction of sp³-hybridized carbons (Fsp3) is 0.235. The predicted octanol–water partition coefficient (Wildman–Crippen LogP) is 3.13. The van der Waals surface area contributed by atoms with E-state index in [4.69, 9.17) is 0 Å². The molecule has 4 heteroatoms. The van der Waals surface area contributed by atoms with Crippen molar-refractivity contribution in [1.82, 2.24) is 15.1 Å². The van der Waals surface area contributed by atoms with Crippen LogP contribution in [0.5, 0.6) is 5.75 Å². The van der Waals surface area contributed by atoms with E-state index in [0.29, 0.717) is 12.3 Å². The molecule has 0 fully saturated rings. The number of hydrogen-bond donors (Lipinski definition) is 2. The predicted molar refractivity (Wildman–Crippen MR) is 84.1 cm³/mol. The van der Waals surface area contributed by atoms with Crippen LogP contribution in [0.4, 0.5) is 0 Å². The molecule has 0 bridgehead atoms. The summed E-state index contributed by atoms with van der Waals surface area (Å²) in [5.74, 6) is 0.356. The van der Waals surface area contributed by atoms with Crippen molar-refractivity contribution < 1.29 is 5.11 Å². The minimum atomic E-state index is 0.0524. The molecular formula is C17H19N3O. The molecule has 1 atom stereocenters. The Balaban J connectivity index is 1.81. The van der Waals surface area contributed by atoms with E-state index in [2.05, 4.69) is 10.4 Å². The van der Waals surface area contributed by atoms with Gasteiger partial charge in [-0.15, -0.1) is 0 Å². The highest BCUT2D eigenvalue weighted by Crippen LogP contribution is 2.32. The molecule has 108 valence electrons. The largest absolute Gasteiger partial charge is 0.507 e. The summed E-state index contributed by atoms with van der Waals surface area (Å²) >= 11 is 0. The van der Waals surface area contributed by atoms with Crippen molar-refractivity contribution in [3.05, 3.63) is 59.9 Å². The molecule has 2 aromatic carbocycles. The molecule has 0 radical (unpaired) electrons. The third-order valence-corrected chi connectivity index (χ3v) is 3.76. The lowest BCUT2D eigenvalue weighted by Crippen LogP contribution is -2.18. The molecule has 3 aromatic rings. The highest BCUT2D eigenvalue weighted by molar-refractivity contribution is 5.89. The second kappa shape index (κ2) is 5.58. The van der Waals surface area contributed by atoms with Crippen molar-refractivity contribution in [2.45, 2.75) is 19.5 Å². The van der Waals surface area contributed by atoms with Crippen molar-refractivity contribution in [2.24, 2.45) is 7.05 Å². The summed E-state index contributed by atoms with van der Waals surface area (Å²) in [5, 5.41) is 20.1. The first-order valence-corrected chi connectivity index (χ1v) is 7.07. The molecule has 21 heavy (non-hydrogen) atoms. The van der Waals surface area contributed by atoms with Gasteiger partial charge < -0.3 is 10.4 Å². The van der Waals surface area contributed by atoms with Crippen LogP contribution in [0, 0.1) is 0 Å². The summed E-state index contributed by atoms with van der Waals surface area (Å²) in [4.78, 5) is 0. The van der Waals surface area contributed by atoms with Crippen molar-refractivity contribution in [3.8, 4) is 5.75 Å². The molecule has 3 rings (SSSR count). The van der Waals surface area contributed by atoms with E-state index in [1.807, 2.05) is 62.6 Å². The molecule has 0 spiro atoms. The monoisotopic (exact) mass is 281 g/mol. The number of aromatic hydroxyl groups is 1. The molecule has 1 unspecified atom stereocenters. The lowest BCUT2D eigenvalue weighted by Gasteiger charge is -2.16. The van der Waals surface area contributed by atoms with E-state index >= 15 is 0 Å². The fourth-order valence-electron chi connectivity index (χ4n) is 2.55. The van der Waals surface area contributed by atoms with Crippen molar-refractivity contribution in [1.29, 1.82) is 0 Å². The summed E-state index contributed by atoms with van der Waals surface area (Å²) in [6, 6.07) is 13.9. The van der Waals surface area contributed by atoms with Crippen LogP contribution >= 0.6 is 0 Å². The molecule has 1 heterocycles. The van der Waals surface area contributed by atoms with Crippen molar-refractivity contribution >= 4 is 10.8 Å². The Kier molecular flexibility index (Phi) is 3.62. The number of rotatable bonds is 4. The van der Waals surface area contributed by atoms with Gasteiger partial charge in [0.1, 0.15) is 5.75 Å². The molecule has 2 N–H and O–H groups in total. The lowest BCUT2D eigenvalue weighted by atomic mass is 10.0. The second-order valence-corrected chi connectivity index (χ2v) is 5.31. The van der Waals surface area contributed by atoms with E-state index in [1.165, 1.54) is 0 Å². The Morgan fingerprint density at radius 3 is 2.76 bits per heavy atom. The molecule has 0 aliphatic carbocycles. The fourth-order valence-corrected chi connectivity index (χ4v) is 2.55. The third-order valence-electron chi connectivity index (χ3n) is 3.76. The number of hydrogen-bond acceptors (Lipinski definition) is 3. The van der Waals surface area contributed by atoms with Crippen LogP contribution in [0.1, 0.15) is 24.2 Å². The minimum absolute atomic E-state index is 0.0524. The van der Waals surface area contributed by atoms with E-state index in [1.54, 1.807) is 4.68 Å². The Morgan fingerprint density at radius 2 is 2.00 bits per heavy atom. The molecular weight excluding hydrogens is 262 g/mol. The van der Waals surface area contributed by atoms with Gasteiger partial charge in [-0.2, -0.15) is 5.10 Å². The number of fused-ring (bicyclic) bond motifs is 1. The van der Waals surface area contributed by atoms with Crippen molar-refractivity contribution in [3.63, 3.8) is 0 Å². The average Bonchev–Trinajstić information content (AvgIpc) is 2.91. The van der Waals surface area contributed by atoms with E-state index in [0.717, 1.165) is 22.0 Å². The minimum Gasteiger partial charge on any atom is -0.507 e. The van der Waals surface area contributed by atoms with Gasteiger partial charge in [0.25, 0.3) is 0 Å². The van der Waals surface area contributed by atoms with Gasteiger partial charge in [-0.3, -0.25) is 4.68 Å². The van der Waals surface area contributed by atoms with Gasteiger partial charge in [0.15, 0.2) is 0 Å². The van der Waals surface area contributed by atoms with Gasteiger partial charge in [-0.25, -0.2) is 0 Å². The Morgan fingerprint density at radius 1 is 1.19 bits per heavy atom. The first-order chi connectivity index (χ1) is 10.1. The van der Waals surface area contributed by atoms with Gasteiger partial charge in [0.05, 0.1) is 5.69 Å². The molecule has 0 aliphatic heterocycles. The Labute approximate surface area is 124 Å². The molecule has 0 amide bonds. The second-order valence-electron chi connectivity index (χ2n) is 5.31. The van der Waals surface area contributed by atoms with Gasteiger partial charge in [-0.1, -0.05) is 36.4 Å². The maximum atomic E-state index is 10.5. The molecule has 4 nitrogen and oxygen atoms in total. The first-order valence-electron chi connectivity index (χ1n) is 7.07. The van der Waals surface area contributed by atoms with Crippen LogP contribution in [0.15, 0.2) is 48.7 Å². The SMILES string of the molecule is CC(NCc1ccn(C)n1)c1ccc2ccccc2c1O. The summed E-state index contributed by atoms with van der Waals surface area (Å²) in [6.45, 7) is 2.72. The van der Waals surface area contributed by atoms with E-state index in [-0.39, 0.29) is 6.04 Å². The Hall–Kier alpha value is -2.33. The summed E-state index contributed by atoms with van der Waals surface area (Å²) in [7, 11) is 1.90. The number of aryl methyl sites for hydroxylation is 1. The van der Waals surface area contributed by atoms with Crippen molar-refractivity contribution in [2.75, 3.05) is 0 Å². The molecule has 0 saturated heterocycles. The van der Waals surface area contributed by atoms with Crippen LogP contribution < -0.4 is 5.32 Å². The summed E-state index contributed by atoms with van der Waals surface area (Å²) in [6.07, 6.45) is 1.93. The molecule has 0 aliphatic rings. The highest BCUT2D eigenvalue weighted by atomic mass is 16.3. The van der Waals surface area contributed by atoms with E-state index < -0.39 is 0 Å². The maximum absolute atomic E-state index is 10.5. The highest BCUT2D eigenvalue weighted by Gasteiger charge is 2.12. The number of phenolic OH excluding ortho intramolecular Hbond substituents is 1. The summed E-state index contributed by atoms with van der Waals surface area (Å²) in [5.41, 5.74) is 1.90. The Bertz CT molecular complexity index is 764. The van der Waals surface area contributed by atoms with Crippen LogP contribution in [0.3, 0.4) is 0 Å². The number of nitrogens with zero attached hydrogens (tertiary/aromatic N) is 2. The van der Waals surface area contributed by atoms with E-state index in [9.17, 15) is 5.11 Å². The van der Waals surface area contributed by atoms with Crippen LogP contribution in [0.2, 0.25) is 0 Å². The smallest absolute Gasteiger partial charge is 0.128 e. The zero-order valence-electron chi connectivity index (χ0n) is 12.2. The summed E-state index contributed by atoms with van der Waals surface area (Å²) < 4.78 is 1.79. The van der Waals surface area contributed by atoms with Crippen LogP contribution in [-0.2, 0) is 13.6 Å². The zero-order chi connectivity index (χ0) is 14.8. The van der Waals surface area contributed by atoms with Gasteiger partial charge >= 0.3 is 0 Å². The average molecular weight is 281 g/mol. The number of aromatic nitrogens is 2. The quantitative estimate of drug-likeness (QED) is 0.772. The van der Waals surface area contributed by atoms with Crippen LogP contribution in [-0.4, -0.2) is 14.9 Å². The third kappa shape index (κ3) is 2.76. The first kappa shape index (κ1) is 13.6. The number of nitrogens with one attached hydrogen (secondary N) is 1. The lowest BCUT2D eigenvalue weighted by molar-refractivity contribution is 0.457. The van der Waals surface area contributed by atoms with Gasteiger partial charge in [-0.05, 0) is 18.4 Å². The topological polar surface area (TPSA) is 50.1 Å². The van der Waals surface area contributed by atoms with Gasteiger partial charge in [0.2, 0.25) is 0 Å². The van der Waals surface area contributed by atoms with Gasteiger partial charge in [0, 0.05) is 36.8 Å². The molecule has 0 saturated carbocycles. The number of benzene rings is 2. The zero-order valence-corrected chi connectivity index (χ0v) is 12.2. The number of phenols is 1. The standard InChI is InChI=1S/C17H19N3O/c1-12(18-11-14-9-10-20(2)19-14)15-8-7-13-5-3-4-6-16(13)17(15)21/h3-10,12,18,21H,11H2,1-2H3. The normalized spacial score (nSPS) is 12.7. The maximum Gasteiger partial charge on any atom is 0.128 e. The van der Waals surface area contributed by atoms with Crippen LogP contribution in [0.25, 0.3) is 10.8 Å². The molecule has 1 aromatic heterocycles.